The van der Waals surface area contributed by atoms with Crippen molar-refractivity contribution >= 4 is 0 Å². The first-order valence-corrected chi connectivity index (χ1v) is 5.05. The number of nitriles is 1. The molecule has 0 saturated heterocycles. The van der Waals surface area contributed by atoms with Crippen LogP contribution in [0.4, 0.5) is 0 Å². The van der Waals surface area contributed by atoms with Crippen LogP contribution in [0.3, 0.4) is 0 Å². The van der Waals surface area contributed by atoms with Gasteiger partial charge in [-0.05, 0) is 31.2 Å². The second kappa shape index (κ2) is 4.54. The van der Waals surface area contributed by atoms with E-state index in [0.717, 1.165) is 17.1 Å². The lowest BCUT2D eigenvalue weighted by Crippen LogP contribution is -2.03. The van der Waals surface area contributed by atoms with Gasteiger partial charge in [-0.3, -0.25) is 9.97 Å². The Bertz CT molecular complexity index is 514. The molecule has 16 heavy (non-hydrogen) atoms. The summed E-state index contributed by atoms with van der Waals surface area (Å²) >= 11 is 0. The monoisotopic (exact) mass is 209 g/mol. The fourth-order valence-corrected chi connectivity index (χ4v) is 1.56. The lowest BCUT2D eigenvalue weighted by atomic mass is 10.0. The molecule has 0 aliphatic heterocycles. The van der Waals surface area contributed by atoms with Crippen LogP contribution in [0.2, 0.25) is 0 Å². The molecule has 0 aliphatic rings. The zero-order chi connectivity index (χ0) is 11.4. The summed E-state index contributed by atoms with van der Waals surface area (Å²) in [7, 11) is 0. The number of pyridine rings is 2. The van der Waals surface area contributed by atoms with Crippen LogP contribution in [0.25, 0.3) is 0 Å². The maximum absolute atomic E-state index is 9.19. The molecule has 2 heterocycles. The molecular formula is C13H11N3. The van der Waals surface area contributed by atoms with E-state index in [2.05, 4.69) is 16.0 Å². The highest BCUT2D eigenvalue weighted by Gasteiger charge is 2.15. The number of rotatable bonds is 2. The molecule has 0 N–H and O–H groups in total. The number of hydrogen-bond acceptors (Lipinski definition) is 3. The molecular weight excluding hydrogens is 198 g/mol. The Morgan fingerprint density at radius 1 is 1.12 bits per heavy atom. The van der Waals surface area contributed by atoms with Gasteiger partial charge in [-0.1, -0.05) is 12.1 Å². The Hall–Kier alpha value is -2.21. The molecule has 0 fully saturated rings. The molecule has 0 saturated carbocycles. The van der Waals surface area contributed by atoms with E-state index in [1.54, 1.807) is 6.20 Å². The minimum absolute atomic E-state index is 0.388. The highest BCUT2D eigenvalue weighted by molar-refractivity contribution is 5.30. The van der Waals surface area contributed by atoms with Crippen LogP contribution in [-0.2, 0) is 0 Å². The zero-order valence-electron chi connectivity index (χ0n) is 8.96. The van der Waals surface area contributed by atoms with Crippen molar-refractivity contribution in [3.63, 3.8) is 0 Å². The van der Waals surface area contributed by atoms with E-state index >= 15 is 0 Å². The molecule has 0 aliphatic carbocycles. The highest BCUT2D eigenvalue weighted by Crippen LogP contribution is 2.20. The molecule has 1 unspecified atom stereocenters. The standard InChI is InChI=1S/C13H11N3/c1-10-5-4-7-13(16-10)11(9-14)12-6-2-3-8-15-12/h2-8,11H,1H3. The Morgan fingerprint density at radius 3 is 2.56 bits per heavy atom. The molecule has 3 heteroatoms. The molecule has 0 amide bonds. The molecule has 1 atom stereocenters. The summed E-state index contributed by atoms with van der Waals surface area (Å²) in [4.78, 5) is 8.55. The zero-order valence-corrected chi connectivity index (χ0v) is 8.96. The smallest absolute Gasteiger partial charge is 0.130 e. The van der Waals surface area contributed by atoms with Gasteiger partial charge in [-0.15, -0.1) is 0 Å². The first-order chi connectivity index (χ1) is 7.81. The summed E-state index contributed by atoms with van der Waals surface area (Å²) in [5, 5.41) is 9.19. The molecule has 0 aromatic carbocycles. The van der Waals surface area contributed by atoms with Crippen molar-refractivity contribution in [3.05, 3.63) is 59.7 Å². The maximum Gasteiger partial charge on any atom is 0.130 e. The van der Waals surface area contributed by atoms with Gasteiger partial charge in [0.15, 0.2) is 0 Å². The molecule has 2 aromatic heterocycles. The first kappa shape index (κ1) is 10.3. The highest BCUT2D eigenvalue weighted by atomic mass is 14.7. The largest absolute Gasteiger partial charge is 0.259 e. The van der Waals surface area contributed by atoms with Crippen LogP contribution >= 0.6 is 0 Å². The number of nitrogens with zero attached hydrogens (tertiary/aromatic N) is 3. The van der Waals surface area contributed by atoms with E-state index in [1.807, 2.05) is 43.3 Å². The quantitative estimate of drug-likeness (QED) is 0.763. The van der Waals surface area contributed by atoms with Gasteiger partial charge in [0.2, 0.25) is 0 Å². The predicted octanol–water partition coefficient (Wildman–Crippen LogP) is 2.44. The third-order valence-electron chi connectivity index (χ3n) is 2.32. The van der Waals surface area contributed by atoms with Gasteiger partial charge in [-0.25, -0.2) is 0 Å². The minimum Gasteiger partial charge on any atom is -0.259 e. The summed E-state index contributed by atoms with van der Waals surface area (Å²) in [6.07, 6.45) is 1.69. The lowest BCUT2D eigenvalue weighted by Gasteiger charge is -2.07. The van der Waals surface area contributed by atoms with Crippen molar-refractivity contribution in [1.82, 2.24) is 9.97 Å². The third-order valence-corrected chi connectivity index (χ3v) is 2.32. The summed E-state index contributed by atoms with van der Waals surface area (Å²) in [5.74, 6) is -0.388. The summed E-state index contributed by atoms with van der Waals surface area (Å²) < 4.78 is 0. The van der Waals surface area contributed by atoms with Gasteiger partial charge in [-0.2, -0.15) is 5.26 Å². The predicted molar refractivity (Wildman–Crippen MR) is 60.7 cm³/mol. The topological polar surface area (TPSA) is 49.6 Å². The fourth-order valence-electron chi connectivity index (χ4n) is 1.56. The summed E-state index contributed by atoms with van der Waals surface area (Å²) in [5.41, 5.74) is 2.40. The van der Waals surface area contributed by atoms with Gasteiger partial charge in [0.05, 0.1) is 17.5 Å². The average Bonchev–Trinajstić information content (AvgIpc) is 2.31. The molecule has 3 nitrogen and oxygen atoms in total. The van der Waals surface area contributed by atoms with Gasteiger partial charge >= 0.3 is 0 Å². The van der Waals surface area contributed by atoms with Crippen molar-refractivity contribution in [2.45, 2.75) is 12.8 Å². The Labute approximate surface area is 94.4 Å². The average molecular weight is 209 g/mol. The van der Waals surface area contributed by atoms with Crippen LogP contribution in [0.15, 0.2) is 42.6 Å². The van der Waals surface area contributed by atoms with Gasteiger partial charge < -0.3 is 0 Å². The molecule has 2 aromatic rings. The molecule has 0 radical (unpaired) electrons. The normalized spacial score (nSPS) is 11.8. The summed E-state index contributed by atoms with van der Waals surface area (Å²) in [6, 6.07) is 13.5. The van der Waals surface area contributed by atoms with Crippen LogP contribution in [0, 0.1) is 18.3 Å². The molecule has 2 rings (SSSR count). The summed E-state index contributed by atoms with van der Waals surface area (Å²) in [6.45, 7) is 1.91. The molecule has 0 spiro atoms. The second-order valence-corrected chi connectivity index (χ2v) is 3.52. The third kappa shape index (κ3) is 2.06. The fraction of sp³-hybridized carbons (Fsp3) is 0.154. The Morgan fingerprint density at radius 2 is 1.94 bits per heavy atom. The van der Waals surface area contributed by atoms with E-state index in [0.29, 0.717) is 0 Å². The van der Waals surface area contributed by atoms with E-state index in [4.69, 9.17) is 0 Å². The van der Waals surface area contributed by atoms with Gasteiger partial charge in [0.25, 0.3) is 0 Å². The van der Waals surface area contributed by atoms with E-state index in [1.165, 1.54) is 0 Å². The van der Waals surface area contributed by atoms with Crippen molar-refractivity contribution in [3.8, 4) is 6.07 Å². The number of aromatic nitrogens is 2. The van der Waals surface area contributed by atoms with Gasteiger partial charge in [0, 0.05) is 11.9 Å². The van der Waals surface area contributed by atoms with Gasteiger partial charge in [0.1, 0.15) is 5.92 Å². The Kier molecular flexibility index (Phi) is 2.93. The van der Waals surface area contributed by atoms with Crippen molar-refractivity contribution in [2.75, 3.05) is 0 Å². The Balaban J connectivity index is 2.42. The SMILES string of the molecule is Cc1cccc(C(C#N)c2ccccn2)n1. The van der Waals surface area contributed by atoms with Crippen molar-refractivity contribution < 1.29 is 0 Å². The van der Waals surface area contributed by atoms with Crippen molar-refractivity contribution in [1.29, 1.82) is 5.26 Å². The number of hydrogen-bond donors (Lipinski definition) is 0. The van der Waals surface area contributed by atoms with Crippen molar-refractivity contribution in [2.24, 2.45) is 0 Å². The number of aryl methyl sites for hydroxylation is 1. The maximum atomic E-state index is 9.19. The van der Waals surface area contributed by atoms with Crippen LogP contribution in [0.5, 0.6) is 0 Å². The van der Waals surface area contributed by atoms with Crippen LogP contribution < -0.4 is 0 Å². The first-order valence-electron chi connectivity index (χ1n) is 5.05. The lowest BCUT2D eigenvalue weighted by molar-refractivity contribution is 0.905. The van der Waals surface area contributed by atoms with E-state index in [9.17, 15) is 5.26 Å². The van der Waals surface area contributed by atoms with Crippen LogP contribution in [0.1, 0.15) is 23.0 Å². The van der Waals surface area contributed by atoms with E-state index < -0.39 is 0 Å². The molecule has 0 bridgehead atoms. The second-order valence-electron chi connectivity index (χ2n) is 3.52. The van der Waals surface area contributed by atoms with Crippen LogP contribution in [-0.4, -0.2) is 9.97 Å². The van der Waals surface area contributed by atoms with E-state index in [-0.39, 0.29) is 5.92 Å². The minimum atomic E-state index is -0.388. The molecule has 78 valence electrons.